The number of carbonyl (C=O) groups excluding carboxylic acids is 1. The number of fused-ring (bicyclic) bond motifs is 1. The Morgan fingerprint density at radius 2 is 2.14 bits per heavy atom. The van der Waals surface area contributed by atoms with Gasteiger partial charge in [0.2, 0.25) is 5.91 Å². The summed E-state index contributed by atoms with van der Waals surface area (Å²) >= 11 is 1.75. The first kappa shape index (κ1) is 21.3. The van der Waals surface area contributed by atoms with Crippen molar-refractivity contribution in [2.24, 2.45) is 0 Å². The lowest BCUT2D eigenvalue weighted by atomic mass is 10.0. The Morgan fingerprint density at radius 1 is 1.38 bits per heavy atom. The Hall–Kier alpha value is -2.39. The lowest BCUT2D eigenvalue weighted by Crippen LogP contribution is -2.46. The third-order valence-electron chi connectivity index (χ3n) is 5.58. The zero-order valence-electron chi connectivity index (χ0n) is 17.2. The summed E-state index contributed by atoms with van der Waals surface area (Å²) in [6, 6.07) is 2.26. The highest BCUT2D eigenvalue weighted by atomic mass is 32.1. The van der Waals surface area contributed by atoms with E-state index in [4.69, 9.17) is 5.73 Å². The van der Waals surface area contributed by atoms with Crippen LogP contribution in [0.1, 0.15) is 50.1 Å². The predicted molar refractivity (Wildman–Crippen MR) is 117 cm³/mol. The number of aromatic amines is 1. The van der Waals surface area contributed by atoms with Crippen LogP contribution < -0.4 is 21.9 Å². The van der Waals surface area contributed by atoms with Crippen LogP contribution in [0.15, 0.2) is 21.0 Å². The molecule has 3 N–H and O–H groups in total. The van der Waals surface area contributed by atoms with Crippen molar-refractivity contribution in [1.82, 2.24) is 14.5 Å². The van der Waals surface area contributed by atoms with Gasteiger partial charge in [0, 0.05) is 30.6 Å². The van der Waals surface area contributed by atoms with Gasteiger partial charge in [0.05, 0.1) is 6.54 Å². The van der Waals surface area contributed by atoms with Gasteiger partial charge in [-0.2, -0.15) is 0 Å². The highest BCUT2D eigenvalue weighted by Crippen LogP contribution is 2.32. The number of unbranched alkanes of at least 4 members (excludes halogenated alkanes) is 1. The molecular weight excluding hydrogens is 390 g/mol. The number of amides is 1. The van der Waals surface area contributed by atoms with E-state index in [1.54, 1.807) is 18.3 Å². The molecule has 1 atom stereocenters. The number of nitrogen functional groups attached to an aromatic ring is 1. The maximum absolute atomic E-state index is 13.1. The second kappa shape index (κ2) is 8.96. The minimum Gasteiger partial charge on any atom is -0.383 e. The molecule has 29 heavy (non-hydrogen) atoms. The van der Waals surface area contributed by atoms with Crippen molar-refractivity contribution in [3.05, 3.63) is 42.7 Å². The molecule has 0 bridgehead atoms. The van der Waals surface area contributed by atoms with Gasteiger partial charge in [-0.1, -0.05) is 13.3 Å². The molecule has 1 amide bonds. The van der Waals surface area contributed by atoms with Crippen molar-refractivity contribution >= 4 is 28.7 Å². The van der Waals surface area contributed by atoms with Crippen LogP contribution in [0.2, 0.25) is 0 Å². The fraction of sp³-hybridized carbons (Fsp3) is 0.550. The molecule has 0 radical (unpaired) electrons. The van der Waals surface area contributed by atoms with Gasteiger partial charge in [0.15, 0.2) is 5.69 Å². The molecule has 2 aromatic heterocycles. The Bertz CT molecular complexity index is 993. The first-order chi connectivity index (χ1) is 13.9. The lowest BCUT2D eigenvalue weighted by Gasteiger charge is -2.34. The molecule has 1 unspecified atom stereocenters. The summed E-state index contributed by atoms with van der Waals surface area (Å²) in [4.78, 5) is 45.0. The third kappa shape index (κ3) is 4.16. The monoisotopic (exact) mass is 419 g/mol. The number of H-pyrrole nitrogens is 1. The number of nitrogens with two attached hydrogens (primary N) is 1. The number of likely N-dealkylation sites (N-methyl/N-ethyl adjacent to an activating group) is 1. The number of anilines is 2. The minimum absolute atomic E-state index is 0.0502. The van der Waals surface area contributed by atoms with Gasteiger partial charge in [-0.25, -0.2) is 4.79 Å². The van der Waals surface area contributed by atoms with Gasteiger partial charge in [-0.05, 0) is 43.7 Å². The van der Waals surface area contributed by atoms with E-state index < -0.39 is 11.2 Å². The maximum Gasteiger partial charge on any atom is 0.330 e. The largest absolute Gasteiger partial charge is 0.383 e. The van der Waals surface area contributed by atoms with E-state index in [1.807, 2.05) is 6.92 Å². The van der Waals surface area contributed by atoms with Gasteiger partial charge in [-0.3, -0.25) is 24.0 Å². The molecule has 0 fully saturated rings. The standard InChI is InChI=1S/C20H29N5O3S/c1-4-6-9-25-18(21)17(19(27)22-20(25)28)24(5-2)16(26)12-23-10-7-15-14(13(23)3)8-11-29-15/h8,11,13H,4-7,9-10,12,21H2,1-3H3,(H,22,27,28). The second-order valence-corrected chi connectivity index (χ2v) is 8.33. The predicted octanol–water partition coefficient (Wildman–Crippen LogP) is 1.95. The normalized spacial score (nSPS) is 16.6. The fourth-order valence-corrected chi connectivity index (χ4v) is 4.83. The van der Waals surface area contributed by atoms with Crippen LogP contribution in [0.3, 0.4) is 0 Å². The van der Waals surface area contributed by atoms with Crippen molar-refractivity contribution in [2.75, 3.05) is 30.3 Å². The van der Waals surface area contributed by atoms with Crippen LogP contribution in [0.4, 0.5) is 11.5 Å². The van der Waals surface area contributed by atoms with Gasteiger partial charge in [-0.15, -0.1) is 11.3 Å². The van der Waals surface area contributed by atoms with E-state index in [9.17, 15) is 14.4 Å². The summed E-state index contributed by atoms with van der Waals surface area (Å²) < 4.78 is 1.34. The number of hydrogen-bond acceptors (Lipinski definition) is 6. The Morgan fingerprint density at radius 3 is 2.83 bits per heavy atom. The Kier molecular flexibility index (Phi) is 6.59. The molecule has 8 nitrogen and oxygen atoms in total. The maximum atomic E-state index is 13.1. The van der Waals surface area contributed by atoms with Crippen molar-refractivity contribution in [3.8, 4) is 0 Å². The second-order valence-electron chi connectivity index (χ2n) is 7.33. The van der Waals surface area contributed by atoms with Crippen molar-refractivity contribution < 1.29 is 4.79 Å². The summed E-state index contributed by atoms with van der Waals surface area (Å²) in [5.41, 5.74) is 6.35. The smallest absolute Gasteiger partial charge is 0.330 e. The molecular formula is C20H29N5O3S. The van der Waals surface area contributed by atoms with Crippen LogP contribution in [0.25, 0.3) is 0 Å². The van der Waals surface area contributed by atoms with Gasteiger partial charge < -0.3 is 10.6 Å². The highest BCUT2D eigenvalue weighted by molar-refractivity contribution is 7.10. The fourth-order valence-electron chi connectivity index (χ4n) is 3.87. The SMILES string of the molecule is CCCCn1c(N)c(N(CC)C(=O)CN2CCc3sccc3C2C)c(=O)[nH]c1=O. The van der Waals surface area contributed by atoms with E-state index in [1.165, 1.54) is 19.9 Å². The molecule has 0 aliphatic carbocycles. The van der Waals surface area contributed by atoms with E-state index in [-0.39, 0.29) is 30.0 Å². The first-order valence-corrected chi connectivity index (χ1v) is 11.0. The highest BCUT2D eigenvalue weighted by Gasteiger charge is 2.29. The van der Waals surface area contributed by atoms with Crippen LogP contribution in [0.5, 0.6) is 0 Å². The molecule has 1 aliphatic rings. The Labute approximate surface area is 173 Å². The average molecular weight is 420 g/mol. The van der Waals surface area contributed by atoms with Crippen LogP contribution in [0, 0.1) is 0 Å². The quantitative estimate of drug-likeness (QED) is 0.714. The van der Waals surface area contributed by atoms with Crippen molar-refractivity contribution in [2.45, 2.75) is 52.6 Å². The van der Waals surface area contributed by atoms with Crippen LogP contribution >= 0.6 is 11.3 Å². The van der Waals surface area contributed by atoms with E-state index in [2.05, 4.69) is 28.3 Å². The topological polar surface area (TPSA) is 104 Å². The van der Waals surface area contributed by atoms with E-state index in [0.29, 0.717) is 13.1 Å². The third-order valence-corrected chi connectivity index (χ3v) is 6.58. The average Bonchev–Trinajstić information content (AvgIpc) is 3.16. The first-order valence-electron chi connectivity index (χ1n) is 10.1. The summed E-state index contributed by atoms with van der Waals surface area (Å²) in [5, 5.41) is 2.09. The summed E-state index contributed by atoms with van der Waals surface area (Å²) in [5.74, 6) is -0.148. The van der Waals surface area contributed by atoms with Crippen molar-refractivity contribution in [1.29, 1.82) is 0 Å². The molecule has 0 spiro atoms. The van der Waals surface area contributed by atoms with Gasteiger partial charge in [0.1, 0.15) is 5.82 Å². The summed E-state index contributed by atoms with van der Waals surface area (Å²) in [6.07, 6.45) is 2.56. The van der Waals surface area contributed by atoms with E-state index in [0.717, 1.165) is 25.8 Å². The number of thiophene rings is 1. The molecule has 1 aliphatic heterocycles. The molecule has 0 saturated heterocycles. The number of rotatable bonds is 7. The molecule has 0 saturated carbocycles. The summed E-state index contributed by atoms with van der Waals surface area (Å²) in [7, 11) is 0. The van der Waals surface area contributed by atoms with Crippen molar-refractivity contribution in [3.63, 3.8) is 0 Å². The molecule has 9 heteroatoms. The van der Waals surface area contributed by atoms with Gasteiger partial charge in [0.25, 0.3) is 5.56 Å². The number of hydrogen-bond donors (Lipinski definition) is 2. The minimum atomic E-state index is -0.623. The molecule has 3 heterocycles. The molecule has 2 aromatic rings. The number of aromatic nitrogens is 2. The van der Waals surface area contributed by atoms with E-state index >= 15 is 0 Å². The summed E-state index contributed by atoms with van der Waals surface area (Å²) in [6.45, 7) is 7.59. The van der Waals surface area contributed by atoms with Crippen LogP contribution in [-0.4, -0.2) is 40.0 Å². The van der Waals surface area contributed by atoms with Gasteiger partial charge >= 0.3 is 5.69 Å². The molecule has 3 rings (SSSR count). The zero-order chi connectivity index (χ0) is 21.1. The molecule has 0 aromatic carbocycles. The zero-order valence-corrected chi connectivity index (χ0v) is 18.1. The number of nitrogens with one attached hydrogen (secondary N) is 1. The number of carbonyl (C=O) groups is 1. The lowest BCUT2D eigenvalue weighted by molar-refractivity contribution is -0.120. The van der Waals surface area contributed by atoms with Crippen LogP contribution in [-0.2, 0) is 17.8 Å². The Balaban J connectivity index is 1.87. The number of nitrogens with zero attached hydrogens (tertiary/aromatic N) is 3. The molecule has 158 valence electrons.